The Kier molecular flexibility index (Phi) is 5.65. The maximum Gasteiger partial charge on any atom is 0.137 e. The zero-order chi connectivity index (χ0) is 22.0. The van der Waals surface area contributed by atoms with Crippen molar-refractivity contribution < 1.29 is 14.6 Å². The van der Waals surface area contributed by atoms with E-state index in [1.165, 1.54) is 51.4 Å². The first kappa shape index (κ1) is 22.4. The molecule has 0 aromatic rings. The fourth-order valence-electron chi connectivity index (χ4n) is 9.90. The second-order valence-electron chi connectivity index (χ2n) is 13.2. The molecule has 0 bridgehead atoms. The average Bonchev–Trinajstić information content (AvgIpc) is 3.00. The van der Waals surface area contributed by atoms with Gasteiger partial charge in [-0.15, -0.1) is 0 Å². The molecule has 0 aromatic heterocycles. The molecule has 0 aromatic carbocycles. The van der Waals surface area contributed by atoms with Gasteiger partial charge in [-0.2, -0.15) is 0 Å². The van der Waals surface area contributed by atoms with Gasteiger partial charge in [0, 0.05) is 12.3 Å². The van der Waals surface area contributed by atoms with Crippen LogP contribution < -0.4 is 0 Å². The number of carbonyl (C=O) groups is 1. The zero-order valence-electron chi connectivity index (χ0n) is 20.5. The van der Waals surface area contributed by atoms with Crippen molar-refractivity contribution >= 4 is 5.78 Å². The molecule has 10 unspecified atom stereocenters. The lowest BCUT2D eigenvalue weighted by Crippen LogP contribution is -2.53. The molecule has 0 spiro atoms. The molecular formula is C28H46O3. The van der Waals surface area contributed by atoms with Crippen LogP contribution in [0.1, 0.15) is 105 Å². The summed E-state index contributed by atoms with van der Waals surface area (Å²) in [6, 6.07) is 0. The van der Waals surface area contributed by atoms with Gasteiger partial charge in [0.1, 0.15) is 5.78 Å². The molecule has 1 heterocycles. The van der Waals surface area contributed by atoms with E-state index < -0.39 is 5.60 Å². The number of fused-ring (bicyclic) bond motifs is 5. The van der Waals surface area contributed by atoms with Gasteiger partial charge in [-0.25, -0.2) is 0 Å². The molecule has 4 saturated carbocycles. The first-order valence-corrected chi connectivity index (χ1v) is 13.5. The van der Waals surface area contributed by atoms with Crippen LogP contribution in [0.15, 0.2) is 0 Å². The molecule has 176 valence electrons. The summed E-state index contributed by atoms with van der Waals surface area (Å²) in [6.07, 6.45) is 14.5. The Bertz CT molecular complexity index is 694. The van der Waals surface area contributed by atoms with Crippen molar-refractivity contribution in [2.75, 3.05) is 6.61 Å². The summed E-state index contributed by atoms with van der Waals surface area (Å²) in [5.74, 6) is 3.96. The van der Waals surface area contributed by atoms with Crippen LogP contribution in [0.2, 0.25) is 0 Å². The highest BCUT2D eigenvalue weighted by Gasteiger charge is 2.62. The van der Waals surface area contributed by atoms with Gasteiger partial charge in [-0.3, -0.25) is 4.79 Å². The number of ketones is 1. The first-order chi connectivity index (χ1) is 14.7. The highest BCUT2D eigenvalue weighted by molar-refractivity contribution is 5.85. The zero-order valence-corrected chi connectivity index (χ0v) is 20.5. The number of carbonyl (C=O) groups excluding carboxylic acids is 1. The van der Waals surface area contributed by atoms with Crippen molar-refractivity contribution in [3.05, 3.63) is 0 Å². The summed E-state index contributed by atoms with van der Waals surface area (Å²) < 4.78 is 5.81. The molecule has 3 heteroatoms. The Morgan fingerprint density at radius 2 is 1.81 bits per heavy atom. The van der Waals surface area contributed by atoms with Gasteiger partial charge in [0.15, 0.2) is 0 Å². The minimum absolute atomic E-state index is 0.124. The maximum atomic E-state index is 13.5. The second-order valence-corrected chi connectivity index (χ2v) is 13.2. The lowest BCUT2D eigenvalue weighted by molar-refractivity contribution is -0.141. The van der Waals surface area contributed by atoms with E-state index in [1.54, 1.807) is 0 Å². The molecule has 4 aliphatic carbocycles. The minimum atomic E-state index is -0.745. The molecule has 0 amide bonds. The highest BCUT2D eigenvalue weighted by atomic mass is 16.5. The van der Waals surface area contributed by atoms with E-state index in [0.29, 0.717) is 30.1 Å². The van der Waals surface area contributed by atoms with E-state index in [0.717, 1.165) is 37.0 Å². The smallest absolute Gasteiger partial charge is 0.137 e. The molecule has 10 atom stereocenters. The van der Waals surface area contributed by atoms with Crippen LogP contribution >= 0.6 is 0 Å². The van der Waals surface area contributed by atoms with E-state index in [2.05, 4.69) is 27.7 Å². The summed E-state index contributed by atoms with van der Waals surface area (Å²) in [6.45, 7) is 9.85. The molecule has 1 aliphatic heterocycles. The Morgan fingerprint density at radius 1 is 1.00 bits per heavy atom. The Balaban J connectivity index is 1.35. The third-order valence-corrected chi connectivity index (χ3v) is 11.4. The normalized spacial score (nSPS) is 53.4. The number of hydrogen-bond donors (Lipinski definition) is 1. The largest absolute Gasteiger partial charge is 0.387 e. The van der Waals surface area contributed by atoms with Crippen molar-refractivity contribution in [3.63, 3.8) is 0 Å². The van der Waals surface area contributed by atoms with Gasteiger partial charge in [0.25, 0.3) is 0 Å². The minimum Gasteiger partial charge on any atom is -0.387 e. The van der Waals surface area contributed by atoms with E-state index in [4.69, 9.17) is 4.74 Å². The summed E-state index contributed by atoms with van der Waals surface area (Å²) in [4.78, 5) is 13.5. The van der Waals surface area contributed by atoms with E-state index in [1.807, 2.05) is 0 Å². The van der Waals surface area contributed by atoms with Gasteiger partial charge in [-0.05, 0) is 105 Å². The van der Waals surface area contributed by atoms with Gasteiger partial charge in [-0.1, -0.05) is 33.6 Å². The maximum absolute atomic E-state index is 13.5. The Labute approximate surface area is 190 Å². The second kappa shape index (κ2) is 7.83. The molecule has 5 rings (SSSR count). The van der Waals surface area contributed by atoms with Crippen LogP contribution in [0.4, 0.5) is 0 Å². The standard InChI is InChI=1S/C28H46O3/c1-18(16-28(30)14-10-19(2)31-17-28)25-24(29)15-23-21-9-8-20-7-5-6-12-26(20,3)22(21)11-13-27(23,25)4/h18-23,25,30H,5-17H2,1-4H3. The molecule has 1 N–H and O–H groups in total. The van der Waals surface area contributed by atoms with Crippen molar-refractivity contribution in [1.82, 2.24) is 0 Å². The third-order valence-electron chi connectivity index (χ3n) is 11.4. The molecule has 5 aliphatic rings. The van der Waals surface area contributed by atoms with Crippen molar-refractivity contribution in [1.29, 1.82) is 0 Å². The molecule has 5 fully saturated rings. The number of Topliss-reactive ketones (excluding diaryl/α,β-unsaturated/α-hetero) is 1. The van der Waals surface area contributed by atoms with Gasteiger partial charge in [0.05, 0.1) is 18.3 Å². The number of aliphatic hydroxyl groups is 1. The molecule has 0 radical (unpaired) electrons. The van der Waals surface area contributed by atoms with Crippen molar-refractivity contribution in [3.8, 4) is 0 Å². The summed E-state index contributed by atoms with van der Waals surface area (Å²) in [5, 5.41) is 11.2. The SMILES string of the molecule is CC1CCC(O)(CC(C)C2C(=O)CC3C4CCC5CCCCC5(C)C4CCC32C)CO1. The fraction of sp³-hybridized carbons (Fsp3) is 0.964. The summed E-state index contributed by atoms with van der Waals surface area (Å²) >= 11 is 0. The van der Waals surface area contributed by atoms with Crippen molar-refractivity contribution in [2.45, 2.75) is 116 Å². The van der Waals surface area contributed by atoms with E-state index >= 15 is 0 Å². The molecule has 3 nitrogen and oxygen atoms in total. The predicted molar refractivity (Wildman–Crippen MR) is 124 cm³/mol. The highest BCUT2D eigenvalue weighted by Crippen LogP contribution is 2.67. The first-order valence-electron chi connectivity index (χ1n) is 13.5. The van der Waals surface area contributed by atoms with E-state index in [-0.39, 0.29) is 23.4 Å². The van der Waals surface area contributed by atoms with E-state index in [9.17, 15) is 9.90 Å². The Hall–Kier alpha value is -0.410. The fourth-order valence-corrected chi connectivity index (χ4v) is 9.90. The lowest BCUT2D eigenvalue weighted by Gasteiger charge is -2.60. The van der Waals surface area contributed by atoms with Crippen LogP contribution in [0.25, 0.3) is 0 Å². The van der Waals surface area contributed by atoms with Crippen LogP contribution in [0, 0.1) is 46.3 Å². The third kappa shape index (κ3) is 3.56. The van der Waals surface area contributed by atoms with Crippen molar-refractivity contribution in [2.24, 2.45) is 46.3 Å². The lowest BCUT2D eigenvalue weighted by atomic mass is 9.44. The Morgan fingerprint density at radius 3 is 2.55 bits per heavy atom. The van der Waals surface area contributed by atoms with Gasteiger partial charge in [0.2, 0.25) is 0 Å². The van der Waals surface area contributed by atoms with Crippen LogP contribution in [-0.2, 0) is 9.53 Å². The van der Waals surface area contributed by atoms with Gasteiger partial charge < -0.3 is 9.84 Å². The summed E-state index contributed by atoms with van der Waals surface area (Å²) in [5.41, 5.74) is -0.0826. The van der Waals surface area contributed by atoms with Crippen LogP contribution in [0.5, 0.6) is 0 Å². The van der Waals surface area contributed by atoms with Crippen LogP contribution in [-0.4, -0.2) is 29.2 Å². The topological polar surface area (TPSA) is 46.5 Å². The monoisotopic (exact) mass is 430 g/mol. The molecular weight excluding hydrogens is 384 g/mol. The number of rotatable bonds is 3. The number of ether oxygens (including phenoxy) is 1. The average molecular weight is 431 g/mol. The van der Waals surface area contributed by atoms with Crippen LogP contribution in [0.3, 0.4) is 0 Å². The number of hydrogen-bond acceptors (Lipinski definition) is 3. The molecule has 1 saturated heterocycles. The van der Waals surface area contributed by atoms with Gasteiger partial charge >= 0.3 is 0 Å². The predicted octanol–water partition coefficient (Wildman–Crippen LogP) is 6.17. The molecule has 31 heavy (non-hydrogen) atoms. The quantitative estimate of drug-likeness (QED) is 0.582. The summed E-state index contributed by atoms with van der Waals surface area (Å²) in [7, 11) is 0.